The Bertz CT molecular complexity index is 954. The molecule has 0 saturated heterocycles. The van der Waals surface area contributed by atoms with Crippen molar-refractivity contribution in [2.75, 3.05) is 0 Å². The first-order chi connectivity index (χ1) is 11.0. The molecule has 2 N–H and O–H groups in total. The Morgan fingerprint density at radius 2 is 1.91 bits per heavy atom. The number of hydrogen-bond donors (Lipinski definition) is 2. The lowest BCUT2D eigenvalue weighted by Gasteiger charge is -2.10. The molecule has 1 aromatic heterocycles. The summed E-state index contributed by atoms with van der Waals surface area (Å²) in [5.41, 5.74) is 0.827. The molecule has 3 rings (SSSR count). The van der Waals surface area contributed by atoms with Crippen LogP contribution >= 0.6 is 11.6 Å². The summed E-state index contributed by atoms with van der Waals surface area (Å²) in [5, 5.41) is 8.14. The third-order valence-corrected chi connectivity index (χ3v) is 3.83. The molecular formula is C16H10ClFN2O3. The fourth-order valence-electron chi connectivity index (χ4n) is 2.19. The lowest BCUT2D eigenvalue weighted by molar-refractivity contribution is 0.0697. The van der Waals surface area contributed by atoms with Gasteiger partial charge in [0.25, 0.3) is 5.56 Å². The van der Waals surface area contributed by atoms with Crippen LogP contribution in [0.5, 0.6) is 0 Å². The minimum absolute atomic E-state index is 0.0216. The normalized spacial score (nSPS) is 12.3. The molecule has 3 aromatic rings. The van der Waals surface area contributed by atoms with Gasteiger partial charge in [-0.1, -0.05) is 12.1 Å². The summed E-state index contributed by atoms with van der Waals surface area (Å²) in [6, 6.07) is 9.60. The van der Waals surface area contributed by atoms with Crippen LogP contribution in [0.1, 0.15) is 27.0 Å². The first kappa shape index (κ1) is 15.2. The Balaban J connectivity index is 2.12. The molecule has 0 spiro atoms. The fraction of sp³-hybridized carbons (Fsp3) is 0.0625. The fourth-order valence-corrected chi connectivity index (χ4v) is 2.48. The zero-order valence-electron chi connectivity index (χ0n) is 11.6. The molecule has 1 heterocycles. The molecular weight excluding hydrogens is 323 g/mol. The highest BCUT2D eigenvalue weighted by Gasteiger charge is 2.18. The molecule has 0 fully saturated rings. The van der Waals surface area contributed by atoms with Crippen molar-refractivity contribution in [2.24, 2.45) is 0 Å². The average molecular weight is 333 g/mol. The average Bonchev–Trinajstić information content (AvgIpc) is 2.53. The maximum absolute atomic E-state index is 13.0. The van der Waals surface area contributed by atoms with Crippen LogP contribution in [0.25, 0.3) is 11.0 Å². The number of rotatable bonds is 3. The van der Waals surface area contributed by atoms with E-state index in [-0.39, 0.29) is 11.3 Å². The smallest absolute Gasteiger partial charge is 0.335 e. The van der Waals surface area contributed by atoms with Gasteiger partial charge in [-0.3, -0.25) is 4.79 Å². The molecule has 7 heteroatoms. The number of nitrogens with one attached hydrogen (secondary N) is 1. The summed E-state index contributed by atoms with van der Waals surface area (Å²) < 4.78 is 13.0. The quantitative estimate of drug-likeness (QED) is 0.722. The largest absolute Gasteiger partial charge is 0.478 e. The highest BCUT2D eigenvalue weighted by molar-refractivity contribution is 6.22. The van der Waals surface area contributed by atoms with E-state index in [0.29, 0.717) is 16.6 Å². The van der Waals surface area contributed by atoms with Crippen molar-refractivity contribution < 1.29 is 14.3 Å². The van der Waals surface area contributed by atoms with Crippen LogP contribution in [0, 0.1) is 5.82 Å². The van der Waals surface area contributed by atoms with Gasteiger partial charge in [0.15, 0.2) is 0 Å². The van der Waals surface area contributed by atoms with Crippen LogP contribution in [-0.4, -0.2) is 21.0 Å². The van der Waals surface area contributed by atoms with Crippen LogP contribution in [-0.2, 0) is 0 Å². The number of alkyl halides is 1. The number of carboxylic acid groups (broad SMARTS) is 1. The lowest BCUT2D eigenvalue weighted by Crippen LogP contribution is -2.17. The van der Waals surface area contributed by atoms with Crippen molar-refractivity contribution in [3.63, 3.8) is 0 Å². The Hall–Kier alpha value is -2.73. The Morgan fingerprint density at radius 3 is 2.57 bits per heavy atom. The van der Waals surface area contributed by atoms with Gasteiger partial charge in [-0.25, -0.2) is 14.2 Å². The van der Waals surface area contributed by atoms with E-state index in [1.807, 2.05) is 0 Å². The summed E-state index contributed by atoms with van der Waals surface area (Å²) >= 11 is 6.27. The van der Waals surface area contributed by atoms with Gasteiger partial charge < -0.3 is 10.1 Å². The molecule has 1 atom stereocenters. The molecule has 2 aromatic carbocycles. The van der Waals surface area contributed by atoms with E-state index < -0.39 is 22.7 Å². The van der Waals surface area contributed by atoms with Crippen molar-refractivity contribution in [2.45, 2.75) is 5.38 Å². The van der Waals surface area contributed by atoms with E-state index in [1.54, 1.807) is 0 Å². The lowest BCUT2D eigenvalue weighted by atomic mass is 10.1. The van der Waals surface area contributed by atoms with Gasteiger partial charge >= 0.3 is 5.97 Å². The number of aromatic nitrogens is 2. The van der Waals surface area contributed by atoms with Crippen LogP contribution in [0.15, 0.2) is 47.3 Å². The van der Waals surface area contributed by atoms with Gasteiger partial charge in [-0.05, 0) is 35.9 Å². The topological polar surface area (TPSA) is 83.0 Å². The number of halogens is 2. The molecule has 0 bridgehead atoms. The molecule has 23 heavy (non-hydrogen) atoms. The summed E-state index contributed by atoms with van der Waals surface area (Å²) in [6.07, 6.45) is 0. The highest BCUT2D eigenvalue weighted by atomic mass is 35.5. The summed E-state index contributed by atoms with van der Waals surface area (Å²) in [7, 11) is 0. The maximum Gasteiger partial charge on any atom is 0.335 e. The molecule has 1 unspecified atom stereocenters. The number of aromatic amines is 1. The second kappa shape index (κ2) is 5.81. The zero-order chi connectivity index (χ0) is 16.6. The second-order valence-corrected chi connectivity index (χ2v) is 5.34. The monoisotopic (exact) mass is 332 g/mol. The minimum atomic E-state index is -1.09. The van der Waals surface area contributed by atoms with Gasteiger partial charge in [0.1, 0.15) is 16.9 Å². The van der Waals surface area contributed by atoms with E-state index in [1.165, 1.54) is 42.5 Å². The molecule has 0 radical (unpaired) electrons. The Kier molecular flexibility index (Phi) is 3.83. The van der Waals surface area contributed by atoms with Gasteiger partial charge in [0.2, 0.25) is 0 Å². The van der Waals surface area contributed by atoms with Crippen LogP contribution < -0.4 is 5.56 Å². The van der Waals surface area contributed by atoms with Crippen molar-refractivity contribution >= 4 is 28.6 Å². The predicted molar refractivity (Wildman–Crippen MR) is 83.4 cm³/mol. The number of benzene rings is 2. The molecule has 0 aliphatic carbocycles. The van der Waals surface area contributed by atoms with E-state index in [9.17, 15) is 14.0 Å². The summed E-state index contributed by atoms with van der Waals surface area (Å²) in [4.78, 5) is 30.0. The molecule has 116 valence electrons. The molecule has 0 saturated carbocycles. The van der Waals surface area contributed by atoms with Gasteiger partial charge in [-0.15, -0.1) is 11.6 Å². The number of aromatic carboxylic acids is 1. The van der Waals surface area contributed by atoms with Crippen molar-refractivity contribution in [1.82, 2.24) is 9.97 Å². The van der Waals surface area contributed by atoms with E-state index in [4.69, 9.17) is 16.7 Å². The number of H-pyrrole nitrogens is 1. The number of carbonyl (C=O) groups is 1. The number of hydrogen-bond acceptors (Lipinski definition) is 3. The number of fused-ring (bicyclic) bond motifs is 1. The highest BCUT2D eigenvalue weighted by Crippen LogP contribution is 2.26. The third-order valence-electron chi connectivity index (χ3n) is 3.37. The zero-order valence-corrected chi connectivity index (χ0v) is 12.3. The predicted octanol–water partition coefficient (Wildman–Crippen LogP) is 3.09. The minimum Gasteiger partial charge on any atom is -0.478 e. The summed E-state index contributed by atoms with van der Waals surface area (Å²) in [6.45, 7) is 0. The molecule has 0 aliphatic rings. The SMILES string of the molecule is O=C(O)c1ccc2[nH]c(=O)c(C(Cl)c3ccc(F)cc3)nc2c1. The standard InChI is InChI=1S/C16H10ClFN2O3/c17-13(8-1-4-10(18)5-2-8)14-15(21)20-11-6-3-9(16(22)23)7-12(11)19-14/h1-7,13H,(H,20,21)(H,22,23). The van der Waals surface area contributed by atoms with Crippen LogP contribution in [0.4, 0.5) is 4.39 Å². The third kappa shape index (κ3) is 2.93. The van der Waals surface area contributed by atoms with Crippen molar-refractivity contribution in [3.05, 3.63) is 75.5 Å². The van der Waals surface area contributed by atoms with Crippen molar-refractivity contribution in [3.8, 4) is 0 Å². The second-order valence-electron chi connectivity index (χ2n) is 4.90. The first-order valence-electron chi connectivity index (χ1n) is 6.62. The van der Waals surface area contributed by atoms with Gasteiger partial charge in [0, 0.05) is 0 Å². The van der Waals surface area contributed by atoms with Gasteiger partial charge in [0.05, 0.1) is 16.6 Å². The first-order valence-corrected chi connectivity index (χ1v) is 7.06. The number of nitrogens with zero attached hydrogens (tertiary/aromatic N) is 1. The summed E-state index contributed by atoms with van der Waals surface area (Å²) in [5.74, 6) is -1.51. The molecule has 5 nitrogen and oxygen atoms in total. The molecule has 0 amide bonds. The van der Waals surface area contributed by atoms with Crippen LogP contribution in [0.3, 0.4) is 0 Å². The van der Waals surface area contributed by atoms with Gasteiger partial charge in [-0.2, -0.15) is 0 Å². The van der Waals surface area contributed by atoms with E-state index in [2.05, 4.69) is 9.97 Å². The van der Waals surface area contributed by atoms with Crippen LogP contribution in [0.2, 0.25) is 0 Å². The Labute approximate surface area is 134 Å². The molecule has 0 aliphatic heterocycles. The van der Waals surface area contributed by atoms with Crippen molar-refractivity contribution in [1.29, 1.82) is 0 Å². The van der Waals surface area contributed by atoms with E-state index >= 15 is 0 Å². The maximum atomic E-state index is 13.0. The van der Waals surface area contributed by atoms with E-state index in [0.717, 1.165) is 0 Å². The number of carboxylic acids is 1. The Morgan fingerprint density at radius 1 is 1.22 bits per heavy atom.